The summed E-state index contributed by atoms with van der Waals surface area (Å²) in [6.45, 7) is 4.67. The molecule has 0 bridgehead atoms. The van der Waals surface area contributed by atoms with Crippen LogP contribution in [0.25, 0.3) is 10.2 Å². The number of aryl methyl sites for hydroxylation is 2. The number of sulfonamides is 1. The smallest absolute Gasteiger partial charge is 0.257 e. The van der Waals surface area contributed by atoms with Gasteiger partial charge in [-0.15, -0.1) is 0 Å². The van der Waals surface area contributed by atoms with E-state index < -0.39 is 26.6 Å². The molecule has 2 heterocycles. The number of nitrogens with one attached hydrogen (secondary N) is 1. The molecule has 29 heavy (non-hydrogen) atoms. The van der Waals surface area contributed by atoms with Crippen molar-refractivity contribution in [3.8, 4) is 0 Å². The number of halogens is 1. The Bertz CT molecular complexity index is 1220. The van der Waals surface area contributed by atoms with E-state index in [4.69, 9.17) is 0 Å². The Morgan fingerprint density at radius 2 is 1.90 bits per heavy atom. The second kappa shape index (κ2) is 7.47. The minimum Gasteiger partial charge on any atom is -0.298 e. The molecule has 6 nitrogen and oxygen atoms in total. The van der Waals surface area contributed by atoms with Gasteiger partial charge in [-0.3, -0.25) is 10.1 Å². The Balaban J connectivity index is 1.63. The van der Waals surface area contributed by atoms with Crippen molar-refractivity contribution < 1.29 is 17.6 Å². The molecule has 152 valence electrons. The van der Waals surface area contributed by atoms with Gasteiger partial charge in [0, 0.05) is 18.7 Å². The van der Waals surface area contributed by atoms with Crippen LogP contribution in [0.15, 0.2) is 35.2 Å². The van der Waals surface area contributed by atoms with Gasteiger partial charge in [0.05, 0.1) is 10.2 Å². The molecular weight excluding hydrogens is 413 g/mol. The number of benzene rings is 2. The molecule has 1 amide bonds. The number of hydrogen-bond acceptors (Lipinski definition) is 5. The lowest BCUT2D eigenvalue weighted by molar-refractivity contribution is 0.102. The predicted molar refractivity (Wildman–Crippen MR) is 111 cm³/mol. The van der Waals surface area contributed by atoms with Gasteiger partial charge in [0.15, 0.2) is 5.13 Å². The number of nitrogens with zero attached hydrogens (tertiary/aromatic N) is 2. The zero-order chi connectivity index (χ0) is 20.8. The normalized spacial score (nSPS) is 15.1. The number of carbonyl (C=O) groups is 1. The van der Waals surface area contributed by atoms with Crippen LogP contribution < -0.4 is 5.32 Å². The highest BCUT2D eigenvalue weighted by molar-refractivity contribution is 7.89. The number of carbonyl (C=O) groups excluding carboxylic acids is 1. The van der Waals surface area contributed by atoms with Crippen LogP contribution in [-0.4, -0.2) is 36.7 Å². The van der Waals surface area contributed by atoms with E-state index in [2.05, 4.69) is 10.3 Å². The molecule has 1 aromatic heterocycles. The van der Waals surface area contributed by atoms with Crippen molar-refractivity contribution in [1.82, 2.24) is 9.29 Å². The summed E-state index contributed by atoms with van der Waals surface area (Å²) >= 11 is 1.34. The van der Waals surface area contributed by atoms with Crippen molar-refractivity contribution >= 4 is 42.6 Å². The highest BCUT2D eigenvalue weighted by Crippen LogP contribution is 2.30. The molecule has 4 rings (SSSR count). The van der Waals surface area contributed by atoms with E-state index in [1.807, 2.05) is 26.0 Å². The van der Waals surface area contributed by atoms with Crippen molar-refractivity contribution in [3.63, 3.8) is 0 Å². The van der Waals surface area contributed by atoms with Gasteiger partial charge in [-0.1, -0.05) is 17.4 Å². The van der Waals surface area contributed by atoms with Gasteiger partial charge >= 0.3 is 0 Å². The number of thiazole rings is 1. The van der Waals surface area contributed by atoms with Crippen molar-refractivity contribution in [2.75, 3.05) is 18.4 Å². The molecule has 1 N–H and O–H groups in total. The molecular formula is C20H20FN3O3S2. The molecule has 1 aliphatic heterocycles. The van der Waals surface area contributed by atoms with Crippen LogP contribution in [0.5, 0.6) is 0 Å². The maximum absolute atomic E-state index is 14.3. The summed E-state index contributed by atoms with van der Waals surface area (Å²) in [5, 5.41) is 3.11. The van der Waals surface area contributed by atoms with E-state index in [0.717, 1.165) is 46.3 Å². The minimum atomic E-state index is -3.96. The molecule has 0 spiro atoms. The van der Waals surface area contributed by atoms with Crippen LogP contribution in [0.1, 0.15) is 34.3 Å². The number of fused-ring (bicyclic) bond motifs is 1. The lowest BCUT2D eigenvalue weighted by Gasteiger charge is -2.16. The first-order chi connectivity index (χ1) is 13.8. The van der Waals surface area contributed by atoms with Gasteiger partial charge in [-0.25, -0.2) is 17.8 Å². The second-order valence-corrected chi connectivity index (χ2v) is 10.1. The van der Waals surface area contributed by atoms with Crippen molar-refractivity contribution in [1.29, 1.82) is 0 Å². The van der Waals surface area contributed by atoms with Gasteiger partial charge in [0.25, 0.3) is 5.91 Å². The average Bonchev–Trinajstić information content (AvgIpc) is 3.32. The van der Waals surface area contributed by atoms with Crippen LogP contribution in [0.4, 0.5) is 9.52 Å². The fourth-order valence-corrected chi connectivity index (χ4v) is 6.15. The van der Waals surface area contributed by atoms with Crippen LogP contribution >= 0.6 is 11.3 Å². The summed E-state index contributed by atoms with van der Waals surface area (Å²) in [6, 6.07) is 7.40. The fraction of sp³-hybridized carbons (Fsp3) is 0.300. The zero-order valence-corrected chi connectivity index (χ0v) is 17.7. The molecule has 2 aromatic carbocycles. The number of hydrogen-bond donors (Lipinski definition) is 1. The molecule has 0 unspecified atom stereocenters. The lowest BCUT2D eigenvalue weighted by atomic mass is 10.1. The highest BCUT2D eigenvalue weighted by Gasteiger charge is 2.30. The van der Waals surface area contributed by atoms with E-state index in [0.29, 0.717) is 18.2 Å². The number of rotatable bonds is 4. The summed E-state index contributed by atoms with van der Waals surface area (Å²) in [5.74, 6) is -1.39. The molecule has 3 aromatic rings. The number of anilines is 1. The van der Waals surface area contributed by atoms with E-state index in [1.54, 1.807) is 0 Å². The third kappa shape index (κ3) is 3.77. The maximum atomic E-state index is 14.3. The lowest BCUT2D eigenvalue weighted by Crippen LogP contribution is -2.29. The van der Waals surface area contributed by atoms with Gasteiger partial charge in [0.2, 0.25) is 10.0 Å². The molecule has 1 fully saturated rings. The largest absolute Gasteiger partial charge is 0.298 e. The van der Waals surface area contributed by atoms with Gasteiger partial charge in [-0.05, 0) is 62.1 Å². The number of amides is 1. The Morgan fingerprint density at radius 1 is 1.17 bits per heavy atom. The fourth-order valence-electron chi connectivity index (χ4n) is 3.50. The molecule has 0 radical (unpaired) electrons. The summed E-state index contributed by atoms with van der Waals surface area (Å²) < 4.78 is 41.9. The first-order valence-corrected chi connectivity index (χ1v) is 11.5. The van der Waals surface area contributed by atoms with Crippen LogP contribution in [-0.2, 0) is 10.0 Å². The summed E-state index contributed by atoms with van der Waals surface area (Å²) in [4.78, 5) is 16.7. The molecule has 1 aliphatic rings. The van der Waals surface area contributed by atoms with E-state index in [-0.39, 0.29) is 5.56 Å². The standard InChI is InChI=1S/C20H20FN3O3S2/c1-12-9-13(2)18-16(10-12)28-20(22-18)23-19(25)14-5-6-15(21)17(11-14)29(26,27)24-7-3-4-8-24/h5-6,9-11H,3-4,7-8H2,1-2H3,(H,22,23,25). The van der Waals surface area contributed by atoms with E-state index in [1.165, 1.54) is 21.7 Å². The third-order valence-corrected chi connectivity index (χ3v) is 7.76. The van der Waals surface area contributed by atoms with Crippen molar-refractivity contribution in [3.05, 3.63) is 52.8 Å². The monoisotopic (exact) mass is 433 g/mol. The Kier molecular flexibility index (Phi) is 5.14. The molecule has 9 heteroatoms. The first kappa shape index (κ1) is 19.9. The molecule has 0 atom stereocenters. The van der Waals surface area contributed by atoms with Gasteiger partial charge < -0.3 is 0 Å². The highest BCUT2D eigenvalue weighted by atomic mass is 32.2. The second-order valence-electron chi connectivity index (χ2n) is 7.16. The molecule has 0 aliphatic carbocycles. The molecule has 1 saturated heterocycles. The van der Waals surface area contributed by atoms with Gasteiger partial charge in [-0.2, -0.15) is 4.31 Å². The zero-order valence-electron chi connectivity index (χ0n) is 16.0. The minimum absolute atomic E-state index is 0.0660. The van der Waals surface area contributed by atoms with Crippen LogP contribution in [0.2, 0.25) is 0 Å². The van der Waals surface area contributed by atoms with Crippen molar-refractivity contribution in [2.45, 2.75) is 31.6 Å². The summed E-state index contributed by atoms with van der Waals surface area (Å²) in [5.41, 5.74) is 2.99. The summed E-state index contributed by atoms with van der Waals surface area (Å²) in [6.07, 6.45) is 1.50. The summed E-state index contributed by atoms with van der Waals surface area (Å²) in [7, 11) is -3.96. The molecule has 0 saturated carbocycles. The van der Waals surface area contributed by atoms with Crippen LogP contribution in [0, 0.1) is 19.7 Å². The quantitative estimate of drug-likeness (QED) is 0.672. The average molecular weight is 434 g/mol. The first-order valence-electron chi connectivity index (χ1n) is 9.24. The topological polar surface area (TPSA) is 79.4 Å². The predicted octanol–water partition coefficient (Wildman–Crippen LogP) is 4.09. The third-order valence-electron chi connectivity index (χ3n) is 4.93. The van der Waals surface area contributed by atoms with Crippen LogP contribution in [0.3, 0.4) is 0 Å². The maximum Gasteiger partial charge on any atom is 0.257 e. The van der Waals surface area contributed by atoms with E-state index >= 15 is 0 Å². The number of aromatic nitrogens is 1. The SMILES string of the molecule is Cc1cc(C)c2nc(NC(=O)c3ccc(F)c(S(=O)(=O)N4CCCC4)c3)sc2c1. The van der Waals surface area contributed by atoms with Gasteiger partial charge in [0.1, 0.15) is 10.7 Å². The Hall–Kier alpha value is -2.36. The van der Waals surface area contributed by atoms with E-state index in [9.17, 15) is 17.6 Å². The Morgan fingerprint density at radius 3 is 2.62 bits per heavy atom. The van der Waals surface area contributed by atoms with Crippen molar-refractivity contribution in [2.24, 2.45) is 0 Å². The Labute approximate surface area is 172 Å².